The van der Waals surface area contributed by atoms with Gasteiger partial charge in [-0.25, -0.2) is 5.48 Å². The molecular weight excluding hydrogens is 420 g/mol. The molecule has 174 valence electrons. The Balaban J connectivity index is 1.84. The number of nitrogens with zero attached hydrogens (tertiary/aromatic N) is 2. The predicted octanol–water partition coefficient (Wildman–Crippen LogP) is 3.18. The second-order valence-corrected chi connectivity index (χ2v) is 9.03. The summed E-state index contributed by atoms with van der Waals surface area (Å²) in [6, 6.07) is 12.4. The molecule has 2 amide bonds. The van der Waals surface area contributed by atoms with Crippen molar-refractivity contribution in [2.24, 2.45) is 5.41 Å². The highest BCUT2D eigenvalue weighted by Gasteiger charge is 2.30. The average molecular weight is 451 g/mol. The number of hydroxylamine groups is 1. The second kappa shape index (κ2) is 10.4. The molecule has 2 aromatic heterocycles. The molecule has 1 aromatic carbocycles. The van der Waals surface area contributed by atoms with Crippen LogP contribution >= 0.6 is 0 Å². The van der Waals surface area contributed by atoms with Crippen molar-refractivity contribution in [3.8, 4) is 22.3 Å². The Morgan fingerprint density at radius 2 is 1.55 bits per heavy atom. The van der Waals surface area contributed by atoms with E-state index in [0.717, 1.165) is 22.3 Å². The summed E-state index contributed by atoms with van der Waals surface area (Å²) in [5.74, 6) is -1.09. The fourth-order valence-electron chi connectivity index (χ4n) is 3.54. The molecule has 0 fully saturated rings. The lowest BCUT2D eigenvalue weighted by molar-refractivity contribution is -0.135. The molecule has 1 unspecified atom stereocenters. The Labute approximate surface area is 193 Å². The van der Waals surface area contributed by atoms with E-state index in [9.17, 15) is 14.7 Å². The molecule has 0 saturated carbocycles. The van der Waals surface area contributed by atoms with Gasteiger partial charge in [-0.3, -0.25) is 19.8 Å². The van der Waals surface area contributed by atoms with Crippen LogP contribution in [0.25, 0.3) is 22.3 Å². The number of hydrogen-bond acceptors (Lipinski definition) is 5. The molecule has 0 saturated heterocycles. The van der Waals surface area contributed by atoms with Crippen LogP contribution in [0.5, 0.6) is 0 Å². The quantitative estimate of drug-likeness (QED) is 0.311. The van der Waals surface area contributed by atoms with Crippen LogP contribution < -0.4 is 10.8 Å². The number of amides is 2. The zero-order valence-electron chi connectivity index (χ0n) is 19.0. The Kier molecular flexibility index (Phi) is 7.63. The van der Waals surface area contributed by atoms with Crippen LogP contribution in [-0.2, 0) is 9.59 Å². The Morgan fingerprint density at radius 1 is 0.970 bits per heavy atom. The van der Waals surface area contributed by atoms with Gasteiger partial charge in [0.1, 0.15) is 6.04 Å². The third-order valence-electron chi connectivity index (χ3n) is 5.66. The van der Waals surface area contributed by atoms with E-state index in [1.165, 1.54) is 0 Å². The molecule has 8 heteroatoms. The lowest BCUT2D eigenvalue weighted by Crippen LogP contribution is -2.49. The SMILES string of the molecule is CC(C)(C)C(CO)NC(=O)[C@@H](CC(=O)NO)n1ccc(-c2ccc(-c3ccncc3)cc2)c1. The molecule has 33 heavy (non-hydrogen) atoms. The summed E-state index contributed by atoms with van der Waals surface area (Å²) in [7, 11) is 0. The largest absolute Gasteiger partial charge is 0.394 e. The summed E-state index contributed by atoms with van der Waals surface area (Å²) >= 11 is 0. The first-order valence-electron chi connectivity index (χ1n) is 10.8. The topological polar surface area (TPSA) is 116 Å². The summed E-state index contributed by atoms with van der Waals surface area (Å²) in [5, 5.41) is 21.5. The van der Waals surface area contributed by atoms with Gasteiger partial charge in [0.15, 0.2) is 0 Å². The number of aromatic nitrogens is 2. The molecule has 2 heterocycles. The van der Waals surface area contributed by atoms with Crippen molar-refractivity contribution in [1.29, 1.82) is 0 Å². The zero-order chi connectivity index (χ0) is 24.0. The smallest absolute Gasteiger partial charge is 0.245 e. The van der Waals surface area contributed by atoms with Crippen molar-refractivity contribution in [1.82, 2.24) is 20.3 Å². The van der Waals surface area contributed by atoms with Crippen molar-refractivity contribution in [2.45, 2.75) is 39.3 Å². The highest BCUT2D eigenvalue weighted by atomic mass is 16.5. The highest BCUT2D eigenvalue weighted by Crippen LogP contribution is 2.27. The number of aliphatic hydroxyl groups excluding tert-OH is 1. The monoisotopic (exact) mass is 450 g/mol. The number of carbonyl (C=O) groups excluding carboxylic acids is 2. The Morgan fingerprint density at radius 3 is 2.09 bits per heavy atom. The Bertz CT molecular complexity index is 1070. The number of carbonyl (C=O) groups is 2. The first kappa shape index (κ1) is 24.2. The third-order valence-corrected chi connectivity index (χ3v) is 5.66. The number of aliphatic hydroxyl groups is 1. The first-order valence-corrected chi connectivity index (χ1v) is 10.8. The lowest BCUT2D eigenvalue weighted by Gasteiger charge is -2.31. The minimum absolute atomic E-state index is 0.227. The van der Waals surface area contributed by atoms with Gasteiger partial charge in [-0.2, -0.15) is 0 Å². The van der Waals surface area contributed by atoms with Gasteiger partial charge in [0.25, 0.3) is 0 Å². The van der Waals surface area contributed by atoms with Gasteiger partial charge < -0.3 is 15.0 Å². The van der Waals surface area contributed by atoms with Crippen LogP contribution in [-0.4, -0.2) is 44.3 Å². The number of hydrogen-bond donors (Lipinski definition) is 4. The highest BCUT2D eigenvalue weighted by molar-refractivity contribution is 5.87. The van der Waals surface area contributed by atoms with Crippen molar-refractivity contribution in [3.05, 3.63) is 67.3 Å². The van der Waals surface area contributed by atoms with Crippen LogP contribution in [0.1, 0.15) is 33.2 Å². The minimum atomic E-state index is -0.890. The molecule has 0 aliphatic carbocycles. The molecule has 0 bridgehead atoms. The average Bonchev–Trinajstić information content (AvgIpc) is 3.30. The van der Waals surface area contributed by atoms with E-state index in [1.54, 1.807) is 34.8 Å². The van der Waals surface area contributed by atoms with Crippen LogP contribution in [0.2, 0.25) is 0 Å². The predicted molar refractivity (Wildman–Crippen MR) is 125 cm³/mol. The van der Waals surface area contributed by atoms with E-state index in [0.29, 0.717) is 0 Å². The molecule has 3 rings (SSSR count). The van der Waals surface area contributed by atoms with Gasteiger partial charge in [-0.15, -0.1) is 0 Å². The van der Waals surface area contributed by atoms with Crippen molar-refractivity contribution in [3.63, 3.8) is 0 Å². The summed E-state index contributed by atoms with van der Waals surface area (Å²) in [6.07, 6.45) is 6.77. The zero-order valence-corrected chi connectivity index (χ0v) is 19.0. The molecule has 0 aliphatic heterocycles. The molecule has 2 atom stereocenters. The fourth-order valence-corrected chi connectivity index (χ4v) is 3.54. The maximum absolute atomic E-state index is 13.0. The number of pyridine rings is 1. The van der Waals surface area contributed by atoms with Gasteiger partial charge in [0, 0.05) is 24.8 Å². The van der Waals surface area contributed by atoms with Crippen LogP contribution in [0.4, 0.5) is 0 Å². The molecule has 8 nitrogen and oxygen atoms in total. The Hall–Kier alpha value is -3.49. The van der Waals surface area contributed by atoms with Gasteiger partial charge in [0.2, 0.25) is 11.8 Å². The number of benzene rings is 1. The summed E-state index contributed by atoms with van der Waals surface area (Å²) < 4.78 is 1.65. The third kappa shape index (κ3) is 6.06. The normalized spacial score (nSPS) is 13.2. The van der Waals surface area contributed by atoms with Crippen LogP contribution in [0, 0.1) is 5.41 Å². The second-order valence-electron chi connectivity index (χ2n) is 9.03. The standard InChI is InChI=1S/C25H30N4O4/c1-25(2,3)22(16-30)27-24(32)21(14-23(31)28-33)29-13-10-20(15-29)18-6-4-17(5-7-18)19-8-11-26-12-9-19/h4-13,15,21-22,30,33H,14,16H2,1-3H3,(H,27,32)(H,28,31)/t21-,22?/m1/s1. The number of nitrogens with one attached hydrogen (secondary N) is 2. The van der Waals surface area contributed by atoms with Crippen molar-refractivity contribution >= 4 is 11.8 Å². The summed E-state index contributed by atoms with van der Waals surface area (Å²) in [4.78, 5) is 29.0. The van der Waals surface area contributed by atoms with E-state index in [2.05, 4.69) is 10.3 Å². The van der Waals surface area contributed by atoms with Gasteiger partial charge in [-0.05, 0) is 45.9 Å². The van der Waals surface area contributed by atoms with Crippen molar-refractivity contribution in [2.75, 3.05) is 6.61 Å². The van der Waals surface area contributed by atoms with E-state index in [1.807, 2.05) is 63.2 Å². The maximum atomic E-state index is 13.0. The van der Waals surface area contributed by atoms with Crippen LogP contribution in [0.15, 0.2) is 67.3 Å². The summed E-state index contributed by atoms with van der Waals surface area (Å²) in [5.41, 5.74) is 5.20. The van der Waals surface area contributed by atoms with Gasteiger partial charge in [-0.1, -0.05) is 45.0 Å². The van der Waals surface area contributed by atoms with Crippen LogP contribution in [0.3, 0.4) is 0 Å². The first-order chi connectivity index (χ1) is 15.7. The molecule has 0 spiro atoms. The van der Waals surface area contributed by atoms with Gasteiger partial charge in [0.05, 0.1) is 19.1 Å². The molecule has 4 N–H and O–H groups in total. The minimum Gasteiger partial charge on any atom is -0.394 e. The number of rotatable bonds is 8. The van der Waals surface area contributed by atoms with Gasteiger partial charge >= 0.3 is 0 Å². The van der Waals surface area contributed by atoms with E-state index in [4.69, 9.17) is 5.21 Å². The lowest BCUT2D eigenvalue weighted by atomic mass is 9.87. The van der Waals surface area contributed by atoms with E-state index >= 15 is 0 Å². The maximum Gasteiger partial charge on any atom is 0.245 e. The molecule has 0 aliphatic rings. The fraction of sp³-hybridized carbons (Fsp3) is 0.320. The van der Waals surface area contributed by atoms with Crippen molar-refractivity contribution < 1.29 is 19.9 Å². The molecular formula is C25H30N4O4. The molecule has 3 aromatic rings. The van der Waals surface area contributed by atoms with E-state index < -0.39 is 23.9 Å². The summed E-state index contributed by atoms with van der Waals surface area (Å²) in [6.45, 7) is 5.50. The van der Waals surface area contributed by atoms with E-state index in [-0.39, 0.29) is 18.4 Å². The molecule has 0 radical (unpaired) electrons.